The van der Waals surface area contributed by atoms with Crippen LogP contribution in [0.15, 0.2) is 23.1 Å². The molecule has 0 spiro atoms. The van der Waals surface area contributed by atoms with E-state index in [9.17, 15) is 13.2 Å². The smallest absolute Gasteiger partial charge is 0.240 e. The Kier molecular flexibility index (Phi) is 7.27. The molecule has 9 heteroatoms. The van der Waals surface area contributed by atoms with Crippen LogP contribution >= 0.6 is 12.4 Å². The van der Waals surface area contributed by atoms with Crippen LogP contribution in [0.3, 0.4) is 0 Å². The number of amides is 1. The summed E-state index contributed by atoms with van der Waals surface area (Å²) in [6.07, 6.45) is 2.02. The van der Waals surface area contributed by atoms with Gasteiger partial charge in [0, 0.05) is 19.0 Å². The molecule has 130 valence electrons. The second kappa shape index (κ2) is 8.49. The predicted octanol–water partition coefficient (Wildman–Crippen LogP) is 1.11. The third-order valence-corrected chi connectivity index (χ3v) is 4.77. The zero-order chi connectivity index (χ0) is 16.2. The molecule has 3 N–H and O–H groups in total. The number of sulfonamides is 1. The van der Waals surface area contributed by atoms with Crippen molar-refractivity contribution >= 4 is 34.0 Å². The molecule has 1 saturated carbocycles. The third-order valence-electron chi connectivity index (χ3n) is 3.26. The first kappa shape index (κ1) is 19.7. The molecule has 23 heavy (non-hydrogen) atoms. The number of methoxy groups -OCH3 is 1. The van der Waals surface area contributed by atoms with Crippen LogP contribution in [0.5, 0.6) is 5.75 Å². The van der Waals surface area contributed by atoms with Crippen molar-refractivity contribution in [2.45, 2.75) is 30.2 Å². The molecule has 1 aromatic carbocycles. The molecule has 2 rings (SSSR count). The first-order valence-corrected chi connectivity index (χ1v) is 8.59. The summed E-state index contributed by atoms with van der Waals surface area (Å²) in [5, 5.41) is 5.56. The highest BCUT2D eigenvalue weighted by atomic mass is 35.5. The van der Waals surface area contributed by atoms with Gasteiger partial charge in [-0.2, -0.15) is 0 Å². The molecule has 0 atom stereocenters. The van der Waals surface area contributed by atoms with E-state index in [1.54, 1.807) is 7.05 Å². The third kappa shape index (κ3) is 5.65. The van der Waals surface area contributed by atoms with Gasteiger partial charge in [0.25, 0.3) is 0 Å². The highest BCUT2D eigenvalue weighted by molar-refractivity contribution is 7.89. The van der Waals surface area contributed by atoms with E-state index in [-0.39, 0.29) is 35.7 Å². The minimum absolute atomic E-state index is 0. The van der Waals surface area contributed by atoms with Crippen LogP contribution in [0, 0.1) is 0 Å². The molecule has 0 aromatic heterocycles. The van der Waals surface area contributed by atoms with Crippen LogP contribution in [-0.2, 0) is 14.8 Å². The fraction of sp³-hybridized carbons (Fsp3) is 0.500. The van der Waals surface area contributed by atoms with E-state index in [4.69, 9.17) is 4.74 Å². The molecule has 0 aliphatic heterocycles. The van der Waals surface area contributed by atoms with Gasteiger partial charge in [0.15, 0.2) is 0 Å². The number of hydrogen-bond donors (Lipinski definition) is 3. The second-order valence-electron chi connectivity index (χ2n) is 5.16. The van der Waals surface area contributed by atoms with Gasteiger partial charge in [-0.3, -0.25) is 4.79 Å². The molecule has 1 aromatic rings. The van der Waals surface area contributed by atoms with Gasteiger partial charge in [-0.15, -0.1) is 12.4 Å². The van der Waals surface area contributed by atoms with Crippen molar-refractivity contribution in [3.8, 4) is 5.75 Å². The van der Waals surface area contributed by atoms with Gasteiger partial charge in [0.2, 0.25) is 15.9 Å². The van der Waals surface area contributed by atoms with Crippen LogP contribution in [0.1, 0.15) is 19.3 Å². The predicted molar refractivity (Wildman–Crippen MR) is 90.8 cm³/mol. The topological polar surface area (TPSA) is 96.5 Å². The van der Waals surface area contributed by atoms with E-state index in [0.717, 1.165) is 12.8 Å². The Labute approximate surface area is 142 Å². The van der Waals surface area contributed by atoms with E-state index in [1.807, 2.05) is 0 Å². The van der Waals surface area contributed by atoms with Gasteiger partial charge < -0.3 is 15.4 Å². The zero-order valence-electron chi connectivity index (χ0n) is 13.1. The number of hydrogen-bond acceptors (Lipinski definition) is 5. The van der Waals surface area contributed by atoms with Gasteiger partial charge in [-0.25, -0.2) is 13.1 Å². The summed E-state index contributed by atoms with van der Waals surface area (Å²) in [7, 11) is -0.344. The Morgan fingerprint density at radius 3 is 2.61 bits per heavy atom. The quantitative estimate of drug-likeness (QED) is 0.642. The maximum absolute atomic E-state index is 12.2. The minimum Gasteiger partial charge on any atom is -0.495 e. The molecule has 7 nitrogen and oxygen atoms in total. The van der Waals surface area contributed by atoms with Crippen molar-refractivity contribution in [1.82, 2.24) is 10.0 Å². The number of carbonyl (C=O) groups excluding carboxylic acids is 1. The Hall–Kier alpha value is -1.35. The standard InChI is InChI=1S/C14H21N3O4S.ClH/c1-15-8-7-14(18)16-12-9-11(5-6-13(12)21-2)22(19,20)17-10-3-4-10;/h5-6,9-10,15,17H,3-4,7-8H2,1-2H3,(H,16,18);1H. The van der Waals surface area contributed by atoms with Crippen molar-refractivity contribution < 1.29 is 17.9 Å². The summed E-state index contributed by atoms with van der Waals surface area (Å²) in [5.74, 6) is 0.209. The maximum Gasteiger partial charge on any atom is 0.240 e. The van der Waals surface area contributed by atoms with Crippen molar-refractivity contribution in [2.75, 3.05) is 26.0 Å². The lowest BCUT2D eigenvalue weighted by molar-refractivity contribution is -0.116. The summed E-state index contributed by atoms with van der Waals surface area (Å²) in [6.45, 7) is 0.537. The minimum atomic E-state index is -3.57. The molecular formula is C14H22ClN3O4S. The SMILES string of the molecule is CNCCC(=O)Nc1cc(S(=O)(=O)NC2CC2)ccc1OC.Cl. The summed E-state index contributed by atoms with van der Waals surface area (Å²) >= 11 is 0. The average molecular weight is 364 g/mol. The van der Waals surface area contributed by atoms with Crippen molar-refractivity contribution in [3.05, 3.63) is 18.2 Å². The lowest BCUT2D eigenvalue weighted by Crippen LogP contribution is -2.26. The number of ether oxygens (including phenoxy) is 1. The van der Waals surface area contributed by atoms with Gasteiger partial charge in [0.05, 0.1) is 17.7 Å². The van der Waals surface area contributed by atoms with Crippen LogP contribution in [-0.4, -0.2) is 41.1 Å². The highest BCUT2D eigenvalue weighted by Gasteiger charge is 2.28. The lowest BCUT2D eigenvalue weighted by atomic mass is 10.2. The lowest BCUT2D eigenvalue weighted by Gasteiger charge is -2.13. The Morgan fingerprint density at radius 2 is 2.04 bits per heavy atom. The van der Waals surface area contributed by atoms with Crippen molar-refractivity contribution in [3.63, 3.8) is 0 Å². The molecular weight excluding hydrogens is 342 g/mol. The second-order valence-corrected chi connectivity index (χ2v) is 6.87. The van der Waals surface area contributed by atoms with Crippen molar-refractivity contribution in [2.24, 2.45) is 0 Å². The zero-order valence-corrected chi connectivity index (χ0v) is 14.7. The van der Waals surface area contributed by atoms with Crippen LogP contribution in [0.25, 0.3) is 0 Å². The van der Waals surface area contributed by atoms with Crippen molar-refractivity contribution in [1.29, 1.82) is 0 Å². The molecule has 1 amide bonds. The van der Waals surface area contributed by atoms with Gasteiger partial charge >= 0.3 is 0 Å². The van der Waals surface area contributed by atoms with E-state index in [2.05, 4.69) is 15.4 Å². The Bertz CT molecular complexity index is 647. The van der Waals surface area contributed by atoms with E-state index in [1.165, 1.54) is 25.3 Å². The number of nitrogens with one attached hydrogen (secondary N) is 3. The molecule has 0 heterocycles. The van der Waals surface area contributed by atoms with E-state index < -0.39 is 10.0 Å². The summed E-state index contributed by atoms with van der Waals surface area (Å²) < 4.78 is 32.2. The number of halogens is 1. The molecule has 0 radical (unpaired) electrons. The molecule has 0 unspecified atom stereocenters. The molecule has 1 fully saturated rings. The molecule has 0 saturated heterocycles. The fourth-order valence-corrected chi connectivity index (χ4v) is 3.22. The fourth-order valence-electron chi connectivity index (χ4n) is 1.89. The molecule has 1 aliphatic rings. The highest BCUT2D eigenvalue weighted by Crippen LogP contribution is 2.29. The maximum atomic E-state index is 12.2. The van der Waals surface area contributed by atoms with Crippen LogP contribution in [0.2, 0.25) is 0 Å². The normalized spacial score (nSPS) is 14.0. The Balaban J connectivity index is 0.00000264. The van der Waals surface area contributed by atoms with E-state index in [0.29, 0.717) is 18.0 Å². The van der Waals surface area contributed by atoms with Gasteiger partial charge in [-0.1, -0.05) is 0 Å². The van der Waals surface area contributed by atoms with Gasteiger partial charge in [0.1, 0.15) is 5.75 Å². The first-order valence-electron chi connectivity index (χ1n) is 7.11. The summed E-state index contributed by atoms with van der Waals surface area (Å²) in [4.78, 5) is 11.9. The van der Waals surface area contributed by atoms with E-state index >= 15 is 0 Å². The van der Waals surface area contributed by atoms with Gasteiger partial charge in [-0.05, 0) is 38.1 Å². The molecule has 1 aliphatic carbocycles. The largest absolute Gasteiger partial charge is 0.495 e. The summed E-state index contributed by atoms with van der Waals surface area (Å²) in [5.41, 5.74) is 0.349. The molecule has 0 bridgehead atoms. The number of rotatable bonds is 8. The van der Waals surface area contributed by atoms with Crippen LogP contribution < -0.4 is 20.1 Å². The number of carbonyl (C=O) groups is 1. The monoisotopic (exact) mass is 363 g/mol. The summed E-state index contributed by atoms with van der Waals surface area (Å²) in [6, 6.07) is 4.45. The first-order chi connectivity index (χ1) is 10.5. The number of anilines is 1. The Morgan fingerprint density at radius 1 is 1.35 bits per heavy atom. The number of benzene rings is 1. The average Bonchev–Trinajstić information content (AvgIpc) is 3.28. The van der Waals surface area contributed by atoms with Crippen LogP contribution in [0.4, 0.5) is 5.69 Å².